The van der Waals surface area contributed by atoms with Gasteiger partial charge in [-0.15, -0.1) is 0 Å². The first-order valence-corrected chi connectivity index (χ1v) is 4.74. The molecule has 0 heterocycles. The molecule has 72 valence electrons. The van der Waals surface area contributed by atoms with Crippen molar-refractivity contribution in [2.45, 2.75) is 46.6 Å². The zero-order valence-corrected chi connectivity index (χ0v) is 8.63. The Labute approximate surface area is 75.5 Å². The van der Waals surface area contributed by atoms with Crippen molar-refractivity contribution in [3.05, 3.63) is 0 Å². The largest absolute Gasteiger partial charge is 0.321 e. The molecule has 0 aliphatic rings. The van der Waals surface area contributed by atoms with E-state index < -0.39 is 0 Å². The van der Waals surface area contributed by atoms with Crippen LogP contribution in [0.15, 0.2) is 0 Å². The second-order valence-corrected chi connectivity index (χ2v) is 4.13. The van der Waals surface area contributed by atoms with Gasteiger partial charge in [0.1, 0.15) is 0 Å². The Bertz CT molecular complexity index is 141. The van der Waals surface area contributed by atoms with Gasteiger partial charge < -0.3 is 5.73 Å². The Hall–Kier alpha value is -0.370. The zero-order chi connectivity index (χ0) is 9.72. The summed E-state index contributed by atoms with van der Waals surface area (Å²) in [5.41, 5.74) is 5.72. The number of carbonyl (C=O) groups is 1. The number of hydrogen-bond acceptors (Lipinski definition) is 2. The highest BCUT2D eigenvalue weighted by molar-refractivity contribution is 5.85. The summed E-state index contributed by atoms with van der Waals surface area (Å²) in [7, 11) is 0. The maximum absolute atomic E-state index is 11.3. The highest BCUT2D eigenvalue weighted by atomic mass is 16.1. The number of nitrogens with two attached hydrogens (primary N) is 1. The summed E-state index contributed by atoms with van der Waals surface area (Å²) in [6.45, 7) is 8.09. The van der Waals surface area contributed by atoms with Crippen LogP contribution < -0.4 is 5.73 Å². The van der Waals surface area contributed by atoms with Gasteiger partial charge in [-0.2, -0.15) is 0 Å². The molecule has 0 saturated heterocycles. The normalized spacial score (nSPS) is 13.9. The molecule has 0 spiro atoms. The zero-order valence-electron chi connectivity index (χ0n) is 8.63. The van der Waals surface area contributed by atoms with Gasteiger partial charge in [-0.25, -0.2) is 0 Å². The molecule has 2 nitrogen and oxygen atoms in total. The first-order chi connectivity index (χ1) is 5.45. The molecule has 0 bridgehead atoms. The number of Topliss-reactive ketones (excluding diaryl/α,β-unsaturated/α-hetero) is 1. The molecule has 0 amide bonds. The summed E-state index contributed by atoms with van der Waals surface area (Å²) in [6.07, 6.45) is 1.87. The molecule has 0 aliphatic carbocycles. The number of hydrogen-bond donors (Lipinski definition) is 1. The summed E-state index contributed by atoms with van der Waals surface area (Å²) >= 11 is 0. The van der Waals surface area contributed by atoms with E-state index in [1.165, 1.54) is 0 Å². The first kappa shape index (κ1) is 11.6. The lowest BCUT2D eigenvalue weighted by Gasteiger charge is -2.13. The van der Waals surface area contributed by atoms with E-state index in [0.717, 1.165) is 12.8 Å². The minimum absolute atomic E-state index is 0.0761. The third-order valence-electron chi connectivity index (χ3n) is 1.99. The predicted octanol–water partition coefficient (Wildman–Crippen LogP) is 1.97. The summed E-state index contributed by atoms with van der Waals surface area (Å²) in [5.74, 6) is 0.902. The van der Waals surface area contributed by atoms with Gasteiger partial charge in [0.05, 0.1) is 6.04 Å². The molecule has 0 unspecified atom stereocenters. The minimum atomic E-state index is -0.243. The van der Waals surface area contributed by atoms with Crippen LogP contribution in [0.2, 0.25) is 0 Å². The van der Waals surface area contributed by atoms with E-state index >= 15 is 0 Å². The Morgan fingerprint density at radius 2 is 1.67 bits per heavy atom. The van der Waals surface area contributed by atoms with Gasteiger partial charge in [0.2, 0.25) is 0 Å². The molecule has 0 aromatic rings. The maximum atomic E-state index is 11.3. The molecule has 0 saturated carbocycles. The smallest absolute Gasteiger partial charge is 0.152 e. The summed E-state index contributed by atoms with van der Waals surface area (Å²) in [6, 6.07) is -0.243. The van der Waals surface area contributed by atoms with Crippen molar-refractivity contribution >= 4 is 5.78 Å². The fraction of sp³-hybridized carbons (Fsp3) is 0.900. The quantitative estimate of drug-likeness (QED) is 0.687. The number of rotatable bonds is 5. The molecular weight excluding hydrogens is 150 g/mol. The molecular formula is C10H21NO. The molecule has 12 heavy (non-hydrogen) atoms. The standard InChI is InChI=1S/C10H21NO/c1-7(2)5-6-9(11)10(12)8(3)4/h7-9H,5-6,11H2,1-4H3/t9-/m0/s1. The highest BCUT2D eigenvalue weighted by Gasteiger charge is 2.16. The summed E-state index contributed by atoms with van der Waals surface area (Å²) in [4.78, 5) is 11.3. The third-order valence-corrected chi connectivity index (χ3v) is 1.99. The van der Waals surface area contributed by atoms with Crippen LogP contribution in [0.25, 0.3) is 0 Å². The van der Waals surface area contributed by atoms with Crippen molar-refractivity contribution in [2.75, 3.05) is 0 Å². The van der Waals surface area contributed by atoms with Crippen molar-refractivity contribution in [3.63, 3.8) is 0 Å². The predicted molar refractivity (Wildman–Crippen MR) is 51.9 cm³/mol. The van der Waals surface area contributed by atoms with Crippen LogP contribution in [0.1, 0.15) is 40.5 Å². The van der Waals surface area contributed by atoms with E-state index in [-0.39, 0.29) is 17.7 Å². The Morgan fingerprint density at radius 3 is 2.00 bits per heavy atom. The van der Waals surface area contributed by atoms with Crippen molar-refractivity contribution in [3.8, 4) is 0 Å². The van der Waals surface area contributed by atoms with Crippen LogP contribution >= 0.6 is 0 Å². The van der Waals surface area contributed by atoms with Gasteiger partial charge in [-0.1, -0.05) is 27.7 Å². The van der Waals surface area contributed by atoms with Gasteiger partial charge >= 0.3 is 0 Å². The van der Waals surface area contributed by atoms with Crippen LogP contribution in [-0.2, 0) is 4.79 Å². The van der Waals surface area contributed by atoms with Gasteiger partial charge in [-0.3, -0.25) is 4.79 Å². The molecule has 2 N–H and O–H groups in total. The highest BCUT2D eigenvalue weighted by Crippen LogP contribution is 2.08. The first-order valence-electron chi connectivity index (χ1n) is 4.74. The van der Waals surface area contributed by atoms with Crippen molar-refractivity contribution < 1.29 is 4.79 Å². The average Bonchev–Trinajstić information content (AvgIpc) is 1.98. The van der Waals surface area contributed by atoms with Crippen LogP contribution in [0.3, 0.4) is 0 Å². The molecule has 0 radical (unpaired) electrons. The van der Waals surface area contributed by atoms with Crippen LogP contribution in [0.4, 0.5) is 0 Å². The van der Waals surface area contributed by atoms with Gasteiger partial charge in [-0.05, 0) is 18.8 Å². The van der Waals surface area contributed by atoms with Gasteiger partial charge in [0.15, 0.2) is 5.78 Å². The maximum Gasteiger partial charge on any atom is 0.152 e. The molecule has 0 aromatic carbocycles. The second-order valence-electron chi connectivity index (χ2n) is 4.13. The molecule has 0 aliphatic heterocycles. The van der Waals surface area contributed by atoms with Crippen molar-refractivity contribution in [2.24, 2.45) is 17.6 Å². The minimum Gasteiger partial charge on any atom is -0.321 e. The average molecular weight is 171 g/mol. The van der Waals surface area contributed by atoms with E-state index in [1.54, 1.807) is 0 Å². The second kappa shape index (κ2) is 5.31. The van der Waals surface area contributed by atoms with E-state index in [4.69, 9.17) is 5.73 Å². The fourth-order valence-corrected chi connectivity index (χ4v) is 1.08. The molecule has 2 heteroatoms. The van der Waals surface area contributed by atoms with E-state index in [0.29, 0.717) is 5.92 Å². The Morgan fingerprint density at radius 1 is 1.17 bits per heavy atom. The number of carbonyl (C=O) groups excluding carboxylic acids is 1. The van der Waals surface area contributed by atoms with E-state index in [2.05, 4.69) is 13.8 Å². The van der Waals surface area contributed by atoms with Gasteiger partial charge in [0, 0.05) is 5.92 Å². The lowest BCUT2D eigenvalue weighted by molar-refractivity contribution is -0.123. The monoisotopic (exact) mass is 171 g/mol. The SMILES string of the molecule is CC(C)CC[C@H](N)C(=O)C(C)C. The van der Waals surface area contributed by atoms with Crippen molar-refractivity contribution in [1.29, 1.82) is 0 Å². The summed E-state index contributed by atoms with van der Waals surface area (Å²) < 4.78 is 0. The lowest BCUT2D eigenvalue weighted by Crippen LogP contribution is -2.33. The third kappa shape index (κ3) is 4.50. The molecule has 0 aromatic heterocycles. The van der Waals surface area contributed by atoms with Crippen LogP contribution in [0, 0.1) is 11.8 Å². The number of ketones is 1. The van der Waals surface area contributed by atoms with E-state index in [9.17, 15) is 4.79 Å². The Kier molecular flexibility index (Phi) is 5.14. The topological polar surface area (TPSA) is 43.1 Å². The molecule has 1 atom stereocenters. The van der Waals surface area contributed by atoms with Gasteiger partial charge in [0.25, 0.3) is 0 Å². The molecule has 0 fully saturated rings. The summed E-state index contributed by atoms with van der Waals surface area (Å²) in [5, 5.41) is 0. The van der Waals surface area contributed by atoms with Crippen molar-refractivity contribution in [1.82, 2.24) is 0 Å². The Balaban J connectivity index is 3.72. The lowest BCUT2D eigenvalue weighted by atomic mass is 9.96. The van der Waals surface area contributed by atoms with Crippen LogP contribution in [-0.4, -0.2) is 11.8 Å². The van der Waals surface area contributed by atoms with E-state index in [1.807, 2.05) is 13.8 Å². The fourth-order valence-electron chi connectivity index (χ4n) is 1.08. The molecule has 0 rings (SSSR count). The van der Waals surface area contributed by atoms with Crippen LogP contribution in [0.5, 0.6) is 0 Å².